The highest BCUT2D eigenvalue weighted by molar-refractivity contribution is 5.70. The third kappa shape index (κ3) is 5.05. The predicted octanol–water partition coefficient (Wildman–Crippen LogP) is 2.41. The Labute approximate surface area is 177 Å². The number of aryl methyl sites for hydroxylation is 1. The van der Waals surface area contributed by atoms with Gasteiger partial charge in [0.15, 0.2) is 5.82 Å². The fraction of sp³-hybridized carbons (Fsp3) is 0.545. The molecule has 1 aliphatic carbocycles. The summed E-state index contributed by atoms with van der Waals surface area (Å²) in [7, 11) is 1.41. The van der Waals surface area contributed by atoms with E-state index in [2.05, 4.69) is 31.6 Å². The molecule has 1 aliphatic heterocycles. The summed E-state index contributed by atoms with van der Waals surface area (Å²) in [6.07, 6.45) is 9.28. The Hall–Kier alpha value is -2.74. The number of methoxy groups -OCH3 is 1. The highest BCUT2D eigenvalue weighted by atomic mass is 16.5. The van der Waals surface area contributed by atoms with Crippen molar-refractivity contribution in [2.24, 2.45) is 0 Å². The molecule has 0 aromatic carbocycles. The van der Waals surface area contributed by atoms with Crippen LogP contribution < -0.4 is 15.5 Å². The Bertz CT molecular complexity index is 862. The highest BCUT2D eigenvalue weighted by Crippen LogP contribution is 2.26. The monoisotopic (exact) mass is 410 g/mol. The van der Waals surface area contributed by atoms with Gasteiger partial charge in [-0.1, -0.05) is 12.8 Å². The number of rotatable bonds is 7. The minimum absolute atomic E-state index is 0.226. The van der Waals surface area contributed by atoms with Gasteiger partial charge in [-0.3, -0.25) is 9.78 Å². The number of carbonyl (C=O) groups is 1. The Morgan fingerprint density at radius 2 is 2.07 bits per heavy atom. The fourth-order valence-corrected chi connectivity index (χ4v) is 4.10. The zero-order chi connectivity index (χ0) is 20.8. The van der Waals surface area contributed by atoms with Gasteiger partial charge in [0, 0.05) is 62.3 Å². The fourth-order valence-electron chi connectivity index (χ4n) is 4.10. The van der Waals surface area contributed by atoms with Gasteiger partial charge in [0.1, 0.15) is 11.5 Å². The maximum atomic E-state index is 11.6. The van der Waals surface area contributed by atoms with Gasteiger partial charge < -0.3 is 20.3 Å². The number of nitrogens with zero attached hydrogens (tertiary/aromatic N) is 4. The van der Waals surface area contributed by atoms with Crippen LogP contribution in [0.25, 0.3) is 11.5 Å². The number of hydrogen-bond acceptors (Lipinski definition) is 8. The van der Waals surface area contributed by atoms with Crippen LogP contribution >= 0.6 is 0 Å². The molecule has 2 aromatic heterocycles. The first-order valence-electron chi connectivity index (χ1n) is 10.8. The van der Waals surface area contributed by atoms with Crippen molar-refractivity contribution in [3.8, 4) is 11.5 Å². The molecular formula is C22H30N6O2. The lowest BCUT2D eigenvalue weighted by Crippen LogP contribution is -2.43. The second-order valence-electron chi connectivity index (χ2n) is 7.91. The van der Waals surface area contributed by atoms with Gasteiger partial charge in [0.2, 0.25) is 0 Å². The average molecular weight is 411 g/mol. The minimum Gasteiger partial charge on any atom is -0.469 e. The quantitative estimate of drug-likeness (QED) is 0.673. The molecule has 0 spiro atoms. The Balaban J connectivity index is 1.58. The van der Waals surface area contributed by atoms with Crippen LogP contribution in [0.2, 0.25) is 0 Å². The summed E-state index contributed by atoms with van der Waals surface area (Å²) < 4.78 is 4.79. The van der Waals surface area contributed by atoms with E-state index in [0.29, 0.717) is 24.7 Å². The summed E-state index contributed by atoms with van der Waals surface area (Å²) in [5.74, 6) is 1.19. The number of pyridine rings is 1. The molecular weight excluding hydrogens is 380 g/mol. The summed E-state index contributed by atoms with van der Waals surface area (Å²) in [5, 5.41) is 6.97. The standard InChI is InChI=1S/C22H30N6O2/c1-30-20(29)7-6-16-15-25-22(27-21(16)26-17-4-2-3-5-17)19-14-18(8-9-24-19)28-12-10-23-11-13-28/h8-9,14-15,17,23H,2-7,10-13H2,1H3,(H,25,26,27). The number of ether oxygens (including phenoxy) is 1. The number of carbonyl (C=O) groups excluding carboxylic acids is 1. The average Bonchev–Trinajstić information content (AvgIpc) is 3.32. The zero-order valence-electron chi connectivity index (χ0n) is 17.6. The number of aromatic nitrogens is 3. The summed E-state index contributed by atoms with van der Waals surface area (Å²) in [6.45, 7) is 3.92. The van der Waals surface area contributed by atoms with Crippen molar-refractivity contribution >= 4 is 17.5 Å². The molecule has 4 rings (SSSR count). The summed E-state index contributed by atoms with van der Waals surface area (Å²) in [4.78, 5) is 27.9. The molecule has 1 saturated heterocycles. The van der Waals surface area contributed by atoms with Crippen molar-refractivity contribution in [3.63, 3.8) is 0 Å². The first kappa shape index (κ1) is 20.5. The van der Waals surface area contributed by atoms with Crippen LogP contribution in [0.1, 0.15) is 37.7 Å². The van der Waals surface area contributed by atoms with Crippen molar-refractivity contribution in [1.82, 2.24) is 20.3 Å². The van der Waals surface area contributed by atoms with Crippen molar-refractivity contribution in [1.29, 1.82) is 0 Å². The Kier molecular flexibility index (Phi) is 6.74. The molecule has 0 amide bonds. The van der Waals surface area contributed by atoms with E-state index in [1.807, 2.05) is 18.5 Å². The lowest BCUT2D eigenvalue weighted by molar-refractivity contribution is -0.140. The van der Waals surface area contributed by atoms with Crippen LogP contribution in [0.5, 0.6) is 0 Å². The van der Waals surface area contributed by atoms with Gasteiger partial charge in [-0.15, -0.1) is 0 Å². The summed E-state index contributed by atoms with van der Waals surface area (Å²) in [6, 6.07) is 4.52. The van der Waals surface area contributed by atoms with Crippen molar-refractivity contribution in [2.45, 2.75) is 44.6 Å². The summed E-state index contributed by atoms with van der Waals surface area (Å²) in [5.41, 5.74) is 2.85. The summed E-state index contributed by atoms with van der Waals surface area (Å²) >= 11 is 0. The van der Waals surface area contributed by atoms with Crippen molar-refractivity contribution in [3.05, 3.63) is 30.1 Å². The topological polar surface area (TPSA) is 92.3 Å². The molecule has 2 aromatic rings. The molecule has 30 heavy (non-hydrogen) atoms. The van der Waals surface area contributed by atoms with Crippen LogP contribution in [-0.4, -0.2) is 60.3 Å². The van der Waals surface area contributed by atoms with E-state index in [4.69, 9.17) is 9.72 Å². The molecule has 8 heteroatoms. The van der Waals surface area contributed by atoms with Crippen LogP contribution in [0.4, 0.5) is 11.5 Å². The molecule has 3 heterocycles. The van der Waals surface area contributed by atoms with Crippen LogP contribution in [0.3, 0.4) is 0 Å². The van der Waals surface area contributed by atoms with Crippen LogP contribution in [0, 0.1) is 0 Å². The molecule has 2 aliphatic rings. The van der Waals surface area contributed by atoms with Gasteiger partial charge in [0.05, 0.1) is 7.11 Å². The van der Waals surface area contributed by atoms with E-state index in [1.54, 1.807) is 0 Å². The van der Waals surface area contributed by atoms with Gasteiger partial charge in [0.25, 0.3) is 0 Å². The second kappa shape index (κ2) is 9.84. The van der Waals surface area contributed by atoms with E-state index in [-0.39, 0.29) is 5.97 Å². The van der Waals surface area contributed by atoms with E-state index in [9.17, 15) is 4.79 Å². The van der Waals surface area contributed by atoms with E-state index in [0.717, 1.165) is 61.8 Å². The van der Waals surface area contributed by atoms with Gasteiger partial charge in [-0.2, -0.15) is 0 Å². The minimum atomic E-state index is -0.226. The number of anilines is 2. The number of hydrogen-bond donors (Lipinski definition) is 2. The van der Waals surface area contributed by atoms with Gasteiger partial charge >= 0.3 is 5.97 Å². The maximum absolute atomic E-state index is 11.6. The van der Waals surface area contributed by atoms with Crippen molar-refractivity contribution < 1.29 is 9.53 Å². The smallest absolute Gasteiger partial charge is 0.305 e. The van der Waals surface area contributed by atoms with E-state index in [1.165, 1.54) is 20.0 Å². The number of piperazine rings is 1. The maximum Gasteiger partial charge on any atom is 0.305 e. The molecule has 0 atom stereocenters. The SMILES string of the molecule is COC(=O)CCc1cnc(-c2cc(N3CCNCC3)ccn2)nc1NC1CCCC1. The Morgan fingerprint density at radius 3 is 2.83 bits per heavy atom. The molecule has 8 nitrogen and oxygen atoms in total. The van der Waals surface area contributed by atoms with Gasteiger partial charge in [-0.05, 0) is 31.4 Å². The van der Waals surface area contributed by atoms with Crippen LogP contribution in [-0.2, 0) is 16.0 Å². The van der Waals surface area contributed by atoms with Gasteiger partial charge in [-0.25, -0.2) is 9.97 Å². The Morgan fingerprint density at radius 1 is 1.27 bits per heavy atom. The molecule has 0 bridgehead atoms. The lowest BCUT2D eigenvalue weighted by atomic mass is 10.1. The zero-order valence-corrected chi connectivity index (χ0v) is 17.6. The molecule has 2 N–H and O–H groups in total. The third-order valence-corrected chi connectivity index (χ3v) is 5.84. The predicted molar refractivity (Wildman–Crippen MR) is 117 cm³/mol. The second-order valence-corrected chi connectivity index (χ2v) is 7.91. The normalized spacial score (nSPS) is 17.2. The molecule has 1 saturated carbocycles. The molecule has 2 fully saturated rings. The third-order valence-electron chi connectivity index (χ3n) is 5.84. The van der Waals surface area contributed by atoms with Crippen LogP contribution in [0.15, 0.2) is 24.5 Å². The molecule has 0 unspecified atom stereocenters. The molecule has 160 valence electrons. The molecule has 0 radical (unpaired) electrons. The first-order chi connectivity index (χ1) is 14.7. The largest absolute Gasteiger partial charge is 0.469 e. The number of nitrogens with one attached hydrogen (secondary N) is 2. The lowest BCUT2D eigenvalue weighted by Gasteiger charge is -2.29. The van der Waals surface area contributed by atoms with E-state index >= 15 is 0 Å². The number of esters is 1. The van der Waals surface area contributed by atoms with E-state index < -0.39 is 0 Å². The first-order valence-corrected chi connectivity index (χ1v) is 10.8. The highest BCUT2D eigenvalue weighted by Gasteiger charge is 2.19. The van der Waals surface area contributed by atoms with Crippen molar-refractivity contribution in [2.75, 3.05) is 43.5 Å².